The number of hydrogen-bond acceptors (Lipinski definition) is 2. The zero-order valence-electron chi connectivity index (χ0n) is 11.3. The third-order valence-corrected chi connectivity index (χ3v) is 2.91. The SMILES string of the molecule is COC(CC(F)(F)C(F)(F)F)c1ccccc1N(C)C. The lowest BCUT2D eigenvalue weighted by Crippen LogP contribution is -2.38. The Morgan fingerprint density at radius 2 is 1.65 bits per heavy atom. The summed E-state index contributed by atoms with van der Waals surface area (Å²) in [5, 5.41) is 0. The van der Waals surface area contributed by atoms with Gasteiger partial charge in [0.25, 0.3) is 0 Å². The molecule has 0 fully saturated rings. The summed E-state index contributed by atoms with van der Waals surface area (Å²) in [5.74, 6) is -4.80. The summed E-state index contributed by atoms with van der Waals surface area (Å²) in [5.41, 5.74) is 0.834. The number of anilines is 1. The van der Waals surface area contributed by atoms with Crippen molar-refractivity contribution in [2.45, 2.75) is 24.6 Å². The molecule has 0 saturated carbocycles. The molecule has 7 heteroatoms. The Kier molecular flexibility index (Phi) is 4.96. The highest BCUT2D eigenvalue weighted by Gasteiger charge is 2.58. The van der Waals surface area contributed by atoms with Crippen molar-refractivity contribution >= 4 is 5.69 Å². The Balaban J connectivity index is 3.10. The fraction of sp³-hybridized carbons (Fsp3) is 0.538. The predicted molar refractivity (Wildman–Crippen MR) is 66.1 cm³/mol. The normalized spacial score (nSPS) is 14.2. The molecule has 0 amide bonds. The van der Waals surface area contributed by atoms with Crippen molar-refractivity contribution in [3.8, 4) is 0 Å². The standard InChI is InChI=1S/C13H16F5NO/c1-19(2)10-7-5-4-6-9(10)11(20-3)8-12(14,15)13(16,17)18/h4-7,11H,8H2,1-3H3. The molecule has 0 aliphatic rings. The minimum atomic E-state index is -5.59. The van der Waals surface area contributed by atoms with Crippen LogP contribution in [0.4, 0.5) is 27.6 Å². The van der Waals surface area contributed by atoms with E-state index in [0.717, 1.165) is 7.11 Å². The first-order valence-electron chi connectivity index (χ1n) is 5.83. The van der Waals surface area contributed by atoms with Crippen molar-refractivity contribution in [1.29, 1.82) is 0 Å². The first-order chi connectivity index (χ1) is 9.10. The number of alkyl halides is 5. The summed E-state index contributed by atoms with van der Waals surface area (Å²) in [4.78, 5) is 1.63. The average Bonchev–Trinajstić information content (AvgIpc) is 2.34. The Bertz CT molecular complexity index is 445. The van der Waals surface area contributed by atoms with Crippen LogP contribution in [0.5, 0.6) is 0 Å². The zero-order valence-corrected chi connectivity index (χ0v) is 11.3. The quantitative estimate of drug-likeness (QED) is 0.761. The van der Waals surface area contributed by atoms with Crippen LogP contribution in [0.1, 0.15) is 18.1 Å². The summed E-state index contributed by atoms with van der Waals surface area (Å²) < 4.78 is 68.1. The Labute approximate surface area is 114 Å². The number of hydrogen-bond donors (Lipinski definition) is 0. The molecule has 0 aliphatic heterocycles. The van der Waals surface area contributed by atoms with E-state index >= 15 is 0 Å². The molecular weight excluding hydrogens is 281 g/mol. The summed E-state index contributed by atoms with van der Waals surface area (Å²) in [6, 6.07) is 6.36. The molecule has 1 unspecified atom stereocenters. The molecule has 1 rings (SSSR count). The molecule has 1 aromatic carbocycles. The van der Waals surface area contributed by atoms with Crippen LogP contribution < -0.4 is 4.90 Å². The van der Waals surface area contributed by atoms with Gasteiger partial charge in [-0.15, -0.1) is 0 Å². The Hall–Kier alpha value is -1.37. The van der Waals surface area contributed by atoms with Crippen LogP contribution in [-0.4, -0.2) is 33.3 Å². The fourth-order valence-electron chi connectivity index (χ4n) is 1.84. The van der Waals surface area contributed by atoms with E-state index in [2.05, 4.69) is 0 Å². The molecule has 0 spiro atoms. The molecule has 0 bridgehead atoms. The van der Waals surface area contributed by atoms with E-state index in [1.165, 1.54) is 6.07 Å². The van der Waals surface area contributed by atoms with Crippen molar-refractivity contribution in [3.05, 3.63) is 29.8 Å². The van der Waals surface area contributed by atoms with E-state index in [1.807, 2.05) is 0 Å². The van der Waals surface area contributed by atoms with Gasteiger partial charge in [0.2, 0.25) is 0 Å². The minimum Gasteiger partial charge on any atom is -0.377 e. The van der Waals surface area contributed by atoms with Gasteiger partial charge in [0.05, 0.1) is 12.5 Å². The van der Waals surface area contributed by atoms with Gasteiger partial charge in [-0.3, -0.25) is 0 Å². The molecule has 1 aromatic rings. The molecule has 20 heavy (non-hydrogen) atoms. The van der Waals surface area contributed by atoms with Gasteiger partial charge < -0.3 is 9.64 Å². The minimum absolute atomic E-state index is 0.295. The van der Waals surface area contributed by atoms with Crippen LogP contribution in [0.2, 0.25) is 0 Å². The van der Waals surface area contributed by atoms with E-state index in [-0.39, 0.29) is 0 Å². The fourth-order valence-corrected chi connectivity index (χ4v) is 1.84. The highest BCUT2D eigenvalue weighted by atomic mass is 19.4. The van der Waals surface area contributed by atoms with Gasteiger partial charge in [0.1, 0.15) is 0 Å². The number of para-hydroxylation sites is 1. The lowest BCUT2D eigenvalue weighted by molar-refractivity contribution is -0.291. The molecule has 0 N–H and O–H groups in total. The number of benzene rings is 1. The monoisotopic (exact) mass is 297 g/mol. The maximum atomic E-state index is 13.2. The van der Waals surface area contributed by atoms with Crippen LogP contribution in [-0.2, 0) is 4.74 Å². The number of ether oxygens (including phenoxy) is 1. The van der Waals surface area contributed by atoms with Gasteiger partial charge in [0.15, 0.2) is 0 Å². The van der Waals surface area contributed by atoms with E-state index in [4.69, 9.17) is 4.74 Å². The Morgan fingerprint density at radius 3 is 2.10 bits per heavy atom. The lowest BCUT2D eigenvalue weighted by atomic mass is 10.00. The average molecular weight is 297 g/mol. The second-order valence-electron chi connectivity index (χ2n) is 4.58. The van der Waals surface area contributed by atoms with Crippen molar-refractivity contribution in [1.82, 2.24) is 0 Å². The van der Waals surface area contributed by atoms with E-state index in [1.54, 1.807) is 37.2 Å². The molecule has 2 nitrogen and oxygen atoms in total. The van der Waals surface area contributed by atoms with Crippen LogP contribution in [0.25, 0.3) is 0 Å². The molecular formula is C13H16F5NO. The summed E-state index contributed by atoms with van der Waals surface area (Å²) in [7, 11) is 4.46. The molecule has 0 radical (unpaired) electrons. The van der Waals surface area contributed by atoms with Crippen LogP contribution in [0.3, 0.4) is 0 Å². The molecule has 0 heterocycles. The van der Waals surface area contributed by atoms with Crippen LogP contribution in [0, 0.1) is 0 Å². The highest BCUT2D eigenvalue weighted by Crippen LogP contribution is 2.43. The van der Waals surface area contributed by atoms with E-state index in [0.29, 0.717) is 11.3 Å². The summed E-state index contributed by atoms with van der Waals surface area (Å²) in [6.07, 6.45) is -8.38. The Morgan fingerprint density at radius 1 is 1.10 bits per heavy atom. The third-order valence-electron chi connectivity index (χ3n) is 2.91. The molecule has 114 valence electrons. The summed E-state index contributed by atoms with van der Waals surface area (Å²) in [6.45, 7) is 0. The molecule has 1 atom stereocenters. The number of rotatable bonds is 5. The van der Waals surface area contributed by atoms with E-state index < -0.39 is 24.6 Å². The largest absolute Gasteiger partial charge is 0.453 e. The van der Waals surface area contributed by atoms with Crippen molar-refractivity contribution < 1.29 is 26.7 Å². The van der Waals surface area contributed by atoms with Gasteiger partial charge >= 0.3 is 12.1 Å². The van der Waals surface area contributed by atoms with Crippen molar-refractivity contribution in [2.75, 3.05) is 26.1 Å². The topological polar surface area (TPSA) is 12.5 Å². The number of nitrogens with zero attached hydrogens (tertiary/aromatic N) is 1. The second kappa shape index (κ2) is 5.95. The maximum absolute atomic E-state index is 13.2. The van der Waals surface area contributed by atoms with Gasteiger partial charge in [-0.2, -0.15) is 22.0 Å². The molecule has 0 aromatic heterocycles. The predicted octanol–water partition coefficient (Wildman–Crippen LogP) is 4.03. The highest BCUT2D eigenvalue weighted by molar-refractivity contribution is 5.53. The maximum Gasteiger partial charge on any atom is 0.453 e. The number of halogens is 5. The van der Waals surface area contributed by atoms with Gasteiger partial charge in [0, 0.05) is 32.5 Å². The van der Waals surface area contributed by atoms with Crippen LogP contribution in [0.15, 0.2) is 24.3 Å². The number of methoxy groups -OCH3 is 1. The van der Waals surface area contributed by atoms with Crippen molar-refractivity contribution in [2.24, 2.45) is 0 Å². The van der Waals surface area contributed by atoms with E-state index in [9.17, 15) is 22.0 Å². The molecule has 0 aliphatic carbocycles. The zero-order chi connectivity index (χ0) is 15.6. The lowest BCUT2D eigenvalue weighted by Gasteiger charge is -2.27. The second-order valence-corrected chi connectivity index (χ2v) is 4.58. The first-order valence-corrected chi connectivity index (χ1v) is 5.83. The van der Waals surface area contributed by atoms with Gasteiger partial charge in [-0.05, 0) is 6.07 Å². The smallest absolute Gasteiger partial charge is 0.377 e. The van der Waals surface area contributed by atoms with Gasteiger partial charge in [-0.25, -0.2) is 0 Å². The van der Waals surface area contributed by atoms with Gasteiger partial charge in [-0.1, -0.05) is 18.2 Å². The van der Waals surface area contributed by atoms with Crippen molar-refractivity contribution in [3.63, 3.8) is 0 Å². The third kappa shape index (κ3) is 3.59. The van der Waals surface area contributed by atoms with Crippen LogP contribution >= 0.6 is 0 Å². The summed E-state index contributed by atoms with van der Waals surface area (Å²) >= 11 is 0. The molecule has 0 saturated heterocycles. The first kappa shape index (κ1) is 16.7.